The van der Waals surface area contributed by atoms with Gasteiger partial charge in [0.15, 0.2) is 6.10 Å². The number of rotatable bonds is 4. The second kappa shape index (κ2) is 7.42. The molecule has 22 heavy (non-hydrogen) atoms. The zero-order valence-corrected chi connectivity index (χ0v) is 14.4. The van der Waals surface area contributed by atoms with Crippen molar-refractivity contribution in [3.05, 3.63) is 56.5 Å². The van der Waals surface area contributed by atoms with E-state index in [0.717, 1.165) is 0 Å². The monoisotopic (exact) mass is 377 g/mol. The summed E-state index contributed by atoms with van der Waals surface area (Å²) >= 11 is 23.6. The second-order valence-corrected chi connectivity index (χ2v) is 6.11. The Morgan fingerprint density at radius 1 is 1.05 bits per heavy atom. The summed E-state index contributed by atoms with van der Waals surface area (Å²) in [5.41, 5.74) is 0.364. The molecule has 0 saturated heterocycles. The molecule has 1 N–H and O–H groups in total. The van der Waals surface area contributed by atoms with Gasteiger partial charge in [-0.1, -0.05) is 52.5 Å². The Bertz CT molecular complexity index is 706. The molecule has 3 nitrogen and oxygen atoms in total. The van der Waals surface area contributed by atoms with Gasteiger partial charge in [0.1, 0.15) is 5.75 Å². The van der Waals surface area contributed by atoms with Crippen LogP contribution in [0.1, 0.15) is 6.92 Å². The average molecular weight is 379 g/mol. The number of anilines is 1. The number of hydrogen-bond acceptors (Lipinski definition) is 2. The van der Waals surface area contributed by atoms with E-state index < -0.39 is 6.10 Å². The van der Waals surface area contributed by atoms with Crippen LogP contribution in [0.25, 0.3) is 0 Å². The van der Waals surface area contributed by atoms with Crippen molar-refractivity contribution < 1.29 is 9.53 Å². The highest BCUT2D eigenvalue weighted by molar-refractivity contribution is 6.44. The average Bonchev–Trinajstić information content (AvgIpc) is 2.44. The van der Waals surface area contributed by atoms with Crippen LogP contribution in [0, 0.1) is 0 Å². The predicted molar refractivity (Wildman–Crippen MR) is 91.6 cm³/mol. The van der Waals surface area contributed by atoms with Gasteiger partial charge in [-0.2, -0.15) is 0 Å². The minimum atomic E-state index is -0.746. The van der Waals surface area contributed by atoms with E-state index in [1.54, 1.807) is 31.2 Å². The van der Waals surface area contributed by atoms with Crippen LogP contribution in [0.15, 0.2) is 36.4 Å². The Balaban J connectivity index is 2.07. The molecular weight excluding hydrogens is 368 g/mol. The molecule has 7 heteroatoms. The number of carbonyl (C=O) groups excluding carboxylic acids is 1. The zero-order chi connectivity index (χ0) is 16.3. The van der Waals surface area contributed by atoms with E-state index in [9.17, 15) is 4.79 Å². The largest absolute Gasteiger partial charge is 0.481 e. The molecule has 116 valence electrons. The van der Waals surface area contributed by atoms with Crippen LogP contribution in [0.2, 0.25) is 20.1 Å². The molecule has 0 aliphatic carbocycles. The molecule has 0 saturated carbocycles. The first-order chi connectivity index (χ1) is 10.4. The molecular formula is C15H11Cl4NO2. The number of amides is 1. The number of nitrogens with one attached hydrogen (secondary N) is 1. The number of carbonyl (C=O) groups is 1. The molecule has 0 aliphatic rings. The van der Waals surface area contributed by atoms with Crippen LogP contribution in [-0.4, -0.2) is 12.0 Å². The highest BCUT2D eigenvalue weighted by Crippen LogP contribution is 2.32. The fraction of sp³-hybridized carbons (Fsp3) is 0.133. The lowest BCUT2D eigenvalue weighted by Gasteiger charge is -2.16. The Labute approximate surface area is 148 Å². The van der Waals surface area contributed by atoms with Gasteiger partial charge in [0, 0.05) is 5.02 Å². The van der Waals surface area contributed by atoms with Crippen LogP contribution in [-0.2, 0) is 4.79 Å². The van der Waals surface area contributed by atoms with Crippen molar-refractivity contribution in [1.29, 1.82) is 0 Å². The number of ether oxygens (including phenoxy) is 1. The van der Waals surface area contributed by atoms with Gasteiger partial charge in [-0.15, -0.1) is 0 Å². The minimum absolute atomic E-state index is 0.290. The smallest absolute Gasteiger partial charge is 0.265 e. The van der Waals surface area contributed by atoms with Gasteiger partial charge in [-0.05, 0) is 37.3 Å². The van der Waals surface area contributed by atoms with Crippen molar-refractivity contribution in [1.82, 2.24) is 0 Å². The summed E-state index contributed by atoms with van der Waals surface area (Å²) < 4.78 is 5.52. The van der Waals surface area contributed by atoms with Gasteiger partial charge in [-0.3, -0.25) is 4.79 Å². The van der Waals surface area contributed by atoms with Gasteiger partial charge in [0.2, 0.25) is 0 Å². The van der Waals surface area contributed by atoms with Crippen LogP contribution < -0.4 is 10.1 Å². The molecule has 2 aromatic carbocycles. The van der Waals surface area contributed by atoms with E-state index >= 15 is 0 Å². The van der Waals surface area contributed by atoms with E-state index in [1.165, 1.54) is 12.1 Å². The standard InChI is InChI=1S/C15H11Cl4NO2/c1-8(22-10-4-2-3-9(16)5-10)15(21)20-14-7-12(18)11(17)6-13(14)19/h2-8H,1H3,(H,20,21)/t8-/m0/s1. The summed E-state index contributed by atoms with van der Waals surface area (Å²) in [6.07, 6.45) is -0.746. The third-order valence-electron chi connectivity index (χ3n) is 2.75. The Kier molecular flexibility index (Phi) is 5.81. The Morgan fingerprint density at radius 2 is 1.73 bits per heavy atom. The molecule has 0 fully saturated rings. The summed E-state index contributed by atoms with van der Waals surface area (Å²) in [6.45, 7) is 1.61. The lowest BCUT2D eigenvalue weighted by molar-refractivity contribution is -0.122. The van der Waals surface area contributed by atoms with Crippen molar-refractivity contribution in [2.24, 2.45) is 0 Å². The molecule has 0 heterocycles. The fourth-order valence-corrected chi connectivity index (χ4v) is 2.43. The molecule has 2 aromatic rings. The van der Waals surface area contributed by atoms with E-state index in [4.69, 9.17) is 51.1 Å². The third-order valence-corrected chi connectivity index (χ3v) is 4.02. The normalized spacial score (nSPS) is 11.9. The molecule has 0 unspecified atom stereocenters. The summed E-state index contributed by atoms with van der Waals surface area (Å²) in [5.74, 6) is 0.121. The number of benzene rings is 2. The quantitative estimate of drug-likeness (QED) is 0.692. The lowest BCUT2D eigenvalue weighted by Crippen LogP contribution is -2.30. The first-order valence-corrected chi connectivity index (χ1v) is 7.75. The molecule has 0 spiro atoms. The van der Waals surface area contributed by atoms with Gasteiger partial charge >= 0.3 is 0 Å². The van der Waals surface area contributed by atoms with Crippen LogP contribution in [0.5, 0.6) is 5.75 Å². The highest BCUT2D eigenvalue weighted by atomic mass is 35.5. The van der Waals surface area contributed by atoms with E-state index in [-0.39, 0.29) is 10.9 Å². The van der Waals surface area contributed by atoms with Crippen molar-refractivity contribution in [3.8, 4) is 5.75 Å². The maximum Gasteiger partial charge on any atom is 0.265 e. The fourth-order valence-electron chi connectivity index (χ4n) is 1.65. The lowest BCUT2D eigenvalue weighted by atomic mass is 10.3. The molecule has 0 bridgehead atoms. The maximum absolute atomic E-state index is 12.1. The topological polar surface area (TPSA) is 38.3 Å². The molecule has 0 aromatic heterocycles. The van der Waals surface area contributed by atoms with Gasteiger partial charge in [0.05, 0.1) is 20.8 Å². The first kappa shape index (κ1) is 17.2. The Hall–Kier alpha value is -1.13. The molecule has 0 aliphatic heterocycles. The van der Waals surface area contributed by atoms with Crippen molar-refractivity contribution in [2.75, 3.05) is 5.32 Å². The number of hydrogen-bond donors (Lipinski definition) is 1. The summed E-state index contributed by atoms with van der Waals surface area (Å²) in [6, 6.07) is 9.73. The van der Waals surface area contributed by atoms with Gasteiger partial charge in [-0.25, -0.2) is 0 Å². The predicted octanol–water partition coefficient (Wildman–Crippen LogP) is 5.71. The molecule has 0 radical (unpaired) electrons. The van der Waals surface area contributed by atoms with Gasteiger partial charge < -0.3 is 10.1 Å². The highest BCUT2D eigenvalue weighted by Gasteiger charge is 2.17. The third kappa shape index (κ3) is 4.43. The van der Waals surface area contributed by atoms with Crippen LogP contribution in [0.3, 0.4) is 0 Å². The Morgan fingerprint density at radius 3 is 2.41 bits per heavy atom. The maximum atomic E-state index is 12.1. The summed E-state index contributed by atoms with van der Waals surface area (Å²) in [5, 5.41) is 4.07. The van der Waals surface area contributed by atoms with Crippen LogP contribution >= 0.6 is 46.4 Å². The molecule has 1 atom stereocenters. The van der Waals surface area contributed by atoms with Crippen molar-refractivity contribution in [2.45, 2.75) is 13.0 Å². The minimum Gasteiger partial charge on any atom is -0.481 e. The molecule has 1 amide bonds. The van der Waals surface area contributed by atoms with E-state index in [1.807, 2.05) is 0 Å². The molecule has 2 rings (SSSR count). The second-order valence-electron chi connectivity index (χ2n) is 4.45. The van der Waals surface area contributed by atoms with Gasteiger partial charge in [0.25, 0.3) is 5.91 Å². The SMILES string of the molecule is C[C@H](Oc1cccc(Cl)c1)C(=O)Nc1cc(Cl)c(Cl)cc1Cl. The van der Waals surface area contributed by atoms with E-state index in [0.29, 0.717) is 26.5 Å². The van der Waals surface area contributed by atoms with Crippen LogP contribution in [0.4, 0.5) is 5.69 Å². The zero-order valence-electron chi connectivity index (χ0n) is 11.4. The summed E-state index contributed by atoms with van der Waals surface area (Å²) in [7, 11) is 0. The number of halogens is 4. The van der Waals surface area contributed by atoms with Crippen molar-refractivity contribution in [3.63, 3.8) is 0 Å². The first-order valence-electron chi connectivity index (χ1n) is 6.24. The van der Waals surface area contributed by atoms with Crippen molar-refractivity contribution >= 4 is 58.0 Å². The van der Waals surface area contributed by atoms with E-state index in [2.05, 4.69) is 5.32 Å². The summed E-state index contributed by atoms with van der Waals surface area (Å²) in [4.78, 5) is 12.1.